The maximum Gasteiger partial charge on any atom is 0.255 e. The van der Waals surface area contributed by atoms with Crippen molar-refractivity contribution in [2.24, 2.45) is 5.73 Å². The Morgan fingerprint density at radius 3 is 2.57 bits per heavy atom. The molecular formula is C23H18FN3O3. The van der Waals surface area contributed by atoms with Crippen LogP contribution in [0.15, 0.2) is 77.4 Å². The number of fused-ring (bicyclic) bond motifs is 1. The number of benzene rings is 2. The molecular weight excluding hydrogens is 385 g/mol. The van der Waals surface area contributed by atoms with Crippen LogP contribution in [0.4, 0.5) is 4.39 Å². The highest BCUT2D eigenvalue weighted by Crippen LogP contribution is 2.28. The summed E-state index contributed by atoms with van der Waals surface area (Å²) in [7, 11) is 1.46. The molecule has 6 nitrogen and oxygen atoms in total. The third-order valence-electron chi connectivity index (χ3n) is 4.86. The molecule has 2 amide bonds. The van der Waals surface area contributed by atoms with Gasteiger partial charge < -0.3 is 15.1 Å². The van der Waals surface area contributed by atoms with Gasteiger partial charge in [-0.15, -0.1) is 0 Å². The summed E-state index contributed by atoms with van der Waals surface area (Å²) in [6.45, 7) is 0. The number of carbonyl (C=O) groups is 2. The number of nitrogens with zero attached hydrogens (tertiary/aromatic N) is 2. The lowest BCUT2D eigenvalue weighted by molar-refractivity contribution is -0.122. The average Bonchev–Trinajstić information content (AvgIpc) is 3.27. The van der Waals surface area contributed by atoms with Gasteiger partial charge in [0.15, 0.2) is 5.76 Å². The summed E-state index contributed by atoms with van der Waals surface area (Å²) in [4.78, 5) is 31.4. The molecule has 2 aromatic carbocycles. The Labute approximate surface area is 171 Å². The number of rotatable bonds is 5. The van der Waals surface area contributed by atoms with E-state index in [1.165, 1.54) is 36.4 Å². The van der Waals surface area contributed by atoms with Crippen LogP contribution in [0.5, 0.6) is 0 Å². The Morgan fingerprint density at radius 1 is 1.07 bits per heavy atom. The predicted octanol–water partition coefficient (Wildman–Crippen LogP) is 3.93. The number of hydrogen-bond donors (Lipinski definition) is 1. The van der Waals surface area contributed by atoms with Crippen molar-refractivity contribution >= 4 is 22.7 Å². The molecule has 1 unspecified atom stereocenters. The van der Waals surface area contributed by atoms with Gasteiger partial charge in [0.2, 0.25) is 5.91 Å². The van der Waals surface area contributed by atoms with Crippen molar-refractivity contribution in [2.45, 2.75) is 6.04 Å². The Hall–Kier alpha value is -4.00. The minimum absolute atomic E-state index is 0.294. The van der Waals surface area contributed by atoms with Gasteiger partial charge >= 0.3 is 0 Å². The van der Waals surface area contributed by atoms with Crippen LogP contribution in [0.3, 0.4) is 0 Å². The van der Waals surface area contributed by atoms with Crippen molar-refractivity contribution in [1.29, 1.82) is 0 Å². The molecule has 0 bridgehead atoms. The summed E-state index contributed by atoms with van der Waals surface area (Å²) >= 11 is 0. The number of pyridine rings is 1. The first-order valence-electron chi connectivity index (χ1n) is 9.21. The zero-order valence-electron chi connectivity index (χ0n) is 16.1. The fourth-order valence-electron chi connectivity index (χ4n) is 3.47. The molecule has 2 aromatic heterocycles. The van der Waals surface area contributed by atoms with E-state index in [-0.39, 0.29) is 0 Å². The first-order valence-corrected chi connectivity index (χ1v) is 9.21. The lowest BCUT2D eigenvalue weighted by atomic mass is 10.0. The molecule has 150 valence electrons. The zero-order chi connectivity index (χ0) is 21.3. The number of furan rings is 1. The summed E-state index contributed by atoms with van der Waals surface area (Å²) < 4.78 is 19.2. The zero-order valence-corrected chi connectivity index (χ0v) is 16.1. The highest BCUT2D eigenvalue weighted by Gasteiger charge is 2.29. The van der Waals surface area contributed by atoms with Crippen molar-refractivity contribution in [3.63, 3.8) is 0 Å². The van der Waals surface area contributed by atoms with Crippen LogP contribution in [0, 0.1) is 5.82 Å². The number of carbonyl (C=O) groups excluding carboxylic acids is 2. The lowest BCUT2D eigenvalue weighted by Crippen LogP contribution is -2.39. The molecule has 0 radical (unpaired) electrons. The van der Waals surface area contributed by atoms with Crippen LogP contribution < -0.4 is 5.73 Å². The van der Waals surface area contributed by atoms with Gasteiger partial charge in [0.05, 0.1) is 17.3 Å². The van der Waals surface area contributed by atoms with E-state index in [0.717, 1.165) is 0 Å². The monoisotopic (exact) mass is 403 g/mol. The molecule has 0 aliphatic heterocycles. The third kappa shape index (κ3) is 3.53. The summed E-state index contributed by atoms with van der Waals surface area (Å²) in [5.41, 5.74) is 7.28. The van der Waals surface area contributed by atoms with Crippen LogP contribution in [0.2, 0.25) is 0 Å². The molecule has 2 N–H and O–H groups in total. The molecule has 30 heavy (non-hydrogen) atoms. The maximum absolute atomic E-state index is 13.7. The minimum atomic E-state index is -1.13. The summed E-state index contributed by atoms with van der Waals surface area (Å²) in [5.74, 6) is -1.22. The Kier molecular flexibility index (Phi) is 5.02. The second-order valence-corrected chi connectivity index (χ2v) is 6.83. The number of para-hydroxylation sites is 1. The fourth-order valence-corrected chi connectivity index (χ4v) is 3.47. The van der Waals surface area contributed by atoms with Crippen molar-refractivity contribution in [1.82, 2.24) is 9.88 Å². The molecule has 0 aliphatic rings. The number of hydrogen-bond acceptors (Lipinski definition) is 4. The molecule has 0 saturated heterocycles. The van der Waals surface area contributed by atoms with Gasteiger partial charge in [-0.05, 0) is 42.0 Å². The van der Waals surface area contributed by atoms with Crippen LogP contribution in [-0.4, -0.2) is 28.7 Å². The van der Waals surface area contributed by atoms with Crippen molar-refractivity contribution in [3.05, 3.63) is 89.9 Å². The van der Waals surface area contributed by atoms with Gasteiger partial charge in [0.25, 0.3) is 5.91 Å². The molecule has 4 rings (SSSR count). The molecule has 7 heteroatoms. The first kappa shape index (κ1) is 19.3. The molecule has 2 heterocycles. The van der Waals surface area contributed by atoms with Gasteiger partial charge in [-0.1, -0.05) is 30.3 Å². The van der Waals surface area contributed by atoms with Gasteiger partial charge in [-0.25, -0.2) is 9.37 Å². The number of nitrogens with two attached hydrogens (primary N) is 1. The van der Waals surface area contributed by atoms with Gasteiger partial charge in [0.1, 0.15) is 17.6 Å². The van der Waals surface area contributed by atoms with Gasteiger partial charge in [-0.3, -0.25) is 9.59 Å². The van der Waals surface area contributed by atoms with Crippen molar-refractivity contribution in [3.8, 4) is 11.5 Å². The first-order chi connectivity index (χ1) is 14.5. The number of likely N-dealkylation sites (N-methyl/N-ethyl adjacent to an activating group) is 1. The third-order valence-corrected chi connectivity index (χ3v) is 4.86. The molecule has 4 aromatic rings. The average molecular weight is 403 g/mol. The van der Waals surface area contributed by atoms with Crippen molar-refractivity contribution < 1.29 is 18.4 Å². The molecule has 0 fully saturated rings. The fraction of sp³-hybridized carbons (Fsp3) is 0.0870. The van der Waals surface area contributed by atoms with Crippen LogP contribution >= 0.6 is 0 Å². The molecule has 0 saturated carbocycles. The topological polar surface area (TPSA) is 89.4 Å². The van der Waals surface area contributed by atoms with Crippen LogP contribution in [0.25, 0.3) is 22.4 Å². The number of aromatic nitrogens is 1. The second kappa shape index (κ2) is 7.79. The smallest absolute Gasteiger partial charge is 0.255 e. The largest absolute Gasteiger partial charge is 0.463 e. The summed E-state index contributed by atoms with van der Waals surface area (Å²) in [6.07, 6.45) is 1.52. The normalized spacial score (nSPS) is 11.9. The van der Waals surface area contributed by atoms with E-state index in [1.54, 1.807) is 42.5 Å². The lowest BCUT2D eigenvalue weighted by Gasteiger charge is -2.26. The predicted molar refractivity (Wildman–Crippen MR) is 110 cm³/mol. The van der Waals surface area contributed by atoms with Gasteiger partial charge in [0, 0.05) is 12.4 Å². The van der Waals surface area contributed by atoms with Gasteiger partial charge in [-0.2, -0.15) is 0 Å². The quantitative estimate of drug-likeness (QED) is 0.547. The Bertz CT molecular complexity index is 1240. The van der Waals surface area contributed by atoms with Crippen molar-refractivity contribution in [2.75, 3.05) is 7.05 Å². The minimum Gasteiger partial charge on any atom is -0.463 e. The number of amides is 2. The Balaban J connectivity index is 1.82. The highest BCUT2D eigenvalue weighted by atomic mass is 19.1. The number of halogens is 1. The van der Waals surface area contributed by atoms with E-state index in [4.69, 9.17) is 10.2 Å². The van der Waals surface area contributed by atoms with E-state index in [0.29, 0.717) is 33.5 Å². The van der Waals surface area contributed by atoms with E-state index in [2.05, 4.69) is 4.98 Å². The number of primary amides is 1. The van der Waals surface area contributed by atoms with E-state index >= 15 is 0 Å². The SMILES string of the molecule is CN(C(=O)c1cc(-c2ccco2)nc2ccccc12)C(C(N)=O)c1cccc(F)c1. The van der Waals surface area contributed by atoms with E-state index in [9.17, 15) is 14.0 Å². The molecule has 1 atom stereocenters. The standard InChI is InChI=1S/C23H18FN3O3/c1-27(21(22(25)28)14-6-4-7-15(24)12-14)23(29)17-13-19(20-10-5-11-30-20)26-18-9-3-2-8-16(17)18/h2-13,21H,1H3,(H2,25,28). The van der Waals surface area contributed by atoms with Crippen LogP contribution in [-0.2, 0) is 4.79 Å². The van der Waals surface area contributed by atoms with E-state index in [1.807, 2.05) is 6.07 Å². The highest BCUT2D eigenvalue weighted by molar-refractivity contribution is 6.08. The molecule has 0 aliphatic carbocycles. The van der Waals surface area contributed by atoms with Crippen LogP contribution in [0.1, 0.15) is 22.0 Å². The summed E-state index contributed by atoms with van der Waals surface area (Å²) in [5, 5.41) is 0.618. The summed E-state index contributed by atoms with van der Waals surface area (Å²) in [6, 6.07) is 16.6. The second-order valence-electron chi connectivity index (χ2n) is 6.83. The Morgan fingerprint density at radius 2 is 1.87 bits per heavy atom. The molecule has 0 spiro atoms. The van der Waals surface area contributed by atoms with E-state index < -0.39 is 23.7 Å². The maximum atomic E-state index is 13.7.